The van der Waals surface area contributed by atoms with Crippen molar-refractivity contribution in [2.75, 3.05) is 0 Å². The van der Waals surface area contributed by atoms with E-state index in [9.17, 15) is 4.79 Å². The Morgan fingerprint density at radius 1 is 0.800 bits per heavy atom. The van der Waals surface area contributed by atoms with Gasteiger partial charge in [0.2, 0.25) is 0 Å². The maximum atomic E-state index is 12.5. The summed E-state index contributed by atoms with van der Waals surface area (Å²) in [5, 5.41) is 2.10. The summed E-state index contributed by atoms with van der Waals surface area (Å²) in [5.41, 5.74) is 0.990. The molecule has 0 amide bonds. The number of benzene rings is 2. The van der Waals surface area contributed by atoms with E-state index in [4.69, 9.17) is 9.57 Å². The summed E-state index contributed by atoms with van der Waals surface area (Å²) in [7, 11) is 0. The zero-order valence-electron chi connectivity index (χ0n) is 19.9. The molecule has 4 heteroatoms. The molecule has 164 valence electrons. The van der Waals surface area contributed by atoms with Gasteiger partial charge in [-0.05, 0) is 76.8 Å². The second kappa shape index (κ2) is 8.91. The molecule has 0 N–H and O–H groups in total. The van der Waals surface area contributed by atoms with Crippen molar-refractivity contribution >= 4 is 5.97 Å². The van der Waals surface area contributed by atoms with E-state index in [1.807, 2.05) is 42.5 Å². The van der Waals surface area contributed by atoms with Gasteiger partial charge in [0.25, 0.3) is 0 Å². The van der Waals surface area contributed by atoms with Crippen LogP contribution in [0.15, 0.2) is 54.6 Å². The first-order valence-electron chi connectivity index (χ1n) is 10.5. The fourth-order valence-corrected chi connectivity index (χ4v) is 3.32. The second-order valence-electron chi connectivity index (χ2n) is 10.8. The van der Waals surface area contributed by atoms with Crippen LogP contribution in [0.4, 0.5) is 0 Å². The fraction of sp³-hybridized carbons (Fsp3) is 0.500. The van der Waals surface area contributed by atoms with Crippen LogP contribution in [0.1, 0.15) is 84.3 Å². The van der Waals surface area contributed by atoms with E-state index < -0.39 is 0 Å². The minimum atomic E-state index is -0.362. The largest absolute Gasteiger partial charge is 0.423 e. The summed E-state index contributed by atoms with van der Waals surface area (Å²) in [6.07, 6.45) is 0. The van der Waals surface area contributed by atoms with Crippen LogP contribution in [-0.2, 0) is 4.84 Å². The summed E-state index contributed by atoms with van der Waals surface area (Å²) in [4.78, 5) is 19.0. The Hall–Kier alpha value is -2.17. The van der Waals surface area contributed by atoms with Gasteiger partial charge in [0.1, 0.15) is 5.75 Å². The van der Waals surface area contributed by atoms with Crippen LogP contribution in [0.3, 0.4) is 0 Å². The Labute approximate surface area is 182 Å². The SMILES string of the molecule is CC(C)(C)ON(C(c1ccc(C(=O)Oc2ccccc2)cc1)C(C)(C)C)C(C)(C)C. The monoisotopic (exact) mass is 411 g/mol. The normalized spacial score (nSPS) is 13.9. The highest BCUT2D eigenvalue weighted by Crippen LogP contribution is 2.43. The Bertz CT molecular complexity index is 822. The summed E-state index contributed by atoms with van der Waals surface area (Å²) in [5.74, 6) is 0.176. The molecular weight excluding hydrogens is 374 g/mol. The number of hydroxylamine groups is 2. The first kappa shape index (κ1) is 24.1. The quantitative estimate of drug-likeness (QED) is 0.307. The van der Waals surface area contributed by atoms with Crippen LogP contribution < -0.4 is 4.74 Å². The van der Waals surface area contributed by atoms with Crippen molar-refractivity contribution in [1.29, 1.82) is 0 Å². The third-order valence-electron chi connectivity index (χ3n) is 4.50. The van der Waals surface area contributed by atoms with E-state index in [0.29, 0.717) is 11.3 Å². The summed E-state index contributed by atoms with van der Waals surface area (Å²) >= 11 is 0. The molecule has 0 aliphatic rings. The van der Waals surface area contributed by atoms with Crippen molar-refractivity contribution in [3.05, 3.63) is 65.7 Å². The Balaban J connectivity index is 2.35. The number of esters is 1. The van der Waals surface area contributed by atoms with Gasteiger partial charge >= 0.3 is 5.97 Å². The average Bonchev–Trinajstić information content (AvgIpc) is 2.59. The lowest BCUT2D eigenvalue weighted by Crippen LogP contribution is -2.51. The summed E-state index contributed by atoms with van der Waals surface area (Å²) in [6.45, 7) is 19.3. The zero-order chi connectivity index (χ0) is 22.7. The minimum Gasteiger partial charge on any atom is -0.423 e. The van der Waals surface area contributed by atoms with Crippen molar-refractivity contribution in [2.45, 2.75) is 79.5 Å². The number of hydrogen-bond acceptors (Lipinski definition) is 4. The number of ether oxygens (including phenoxy) is 1. The summed E-state index contributed by atoms with van der Waals surface area (Å²) in [6, 6.07) is 16.8. The third-order valence-corrected chi connectivity index (χ3v) is 4.50. The number of hydrogen-bond donors (Lipinski definition) is 0. The number of carbonyl (C=O) groups excluding carboxylic acids is 1. The third kappa shape index (κ3) is 6.68. The zero-order valence-corrected chi connectivity index (χ0v) is 19.9. The number of carbonyl (C=O) groups is 1. The van der Waals surface area contributed by atoms with Crippen molar-refractivity contribution in [2.24, 2.45) is 5.41 Å². The van der Waals surface area contributed by atoms with Crippen LogP contribution in [0.2, 0.25) is 0 Å². The standard InChI is InChI=1S/C26H37NO3/c1-24(2,3)22(27(25(4,5)6)30-26(7,8)9)19-15-17-20(18-16-19)23(28)29-21-13-11-10-12-14-21/h10-18,22H,1-9H3. The number of para-hydroxylation sites is 1. The molecular formula is C26H37NO3. The van der Waals surface area contributed by atoms with Gasteiger partial charge in [0.15, 0.2) is 0 Å². The molecule has 2 aromatic rings. The van der Waals surface area contributed by atoms with E-state index in [1.54, 1.807) is 12.1 Å². The van der Waals surface area contributed by atoms with Crippen LogP contribution in [0.5, 0.6) is 5.75 Å². The highest BCUT2D eigenvalue weighted by molar-refractivity contribution is 5.91. The van der Waals surface area contributed by atoms with Crippen LogP contribution >= 0.6 is 0 Å². The molecule has 1 atom stereocenters. The molecule has 0 bridgehead atoms. The van der Waals surface area contributed by atoms with Gasteiger partial charge in [-0.25, -0.2) is 4.79 Å². The van der Waals surface area contributed by atoms with Crippen LogP contribution in [-0.4, -0.2) is 22.2 Å². The van der Waals surface area contributed by atoms with E-state index in [1.165, 1.54) is 0 Å². The highest BCUT2D eigenvalue weighted by Gasteiger charge is 2.40. The lowest BCUT2D eigenvalue weighted by atomic mass is 9.80. The molecule has 0 heterocycles. The Morgan fingerprint density at radius 3 is 1.77 bits per heavy atom. The minimum absolute atomic E-state index is 0.00378. The van der Waals surface area contributed by atoms with Crippen LogP contribution in [0.25, 0.3) is 0 Å². The van der Waals surface area contributed by atoms with E-state index in [0.717, 1.165) is 5.56 Å². The maximum absolute atomic E-state index is 12.5. The predicted molar refractivity (Wildman–Crippen MR) is 122 cm³/mol. The van der Waals surface area contributed by atoms with Gasteiger partial charge in [-0.3, -0.25) is 4.84 Å². The number of nitrogens with zero attached hydrogens (tertiary/aromatic N) is 1. The van der Waals surface area contributed by atoms with Crippen molar-refractivity contribution in [3.8, 4) is 5.75 Å². The topological polar surface area (TPSA) is 38.8 Å². The lowest BCUT2D eigenvalue weighted by molar-refractivity contribution is -0.304. The molecule has 1 unspecified atom stereocenters. The molecule has 30 heavy (non-hydrogen) atoms. The highest BCUT2D eigenvalue weighted by atomic mass is 16.7. The molecule has 2 rings (SSSR count). The lowest BCUT2D eigenvalue weighted by Gasteiger charge is -2.48. The molecule has 2 aromatic carbocycles. The summed E-state index contributed by atoms with van der Waals surface area (Å²) < 4.78 is 5.46. The van der Waals surface area contributed by atoms with Gasteiger partial charge < -0.3 is 4.74 Å². The van der Waals surface area contributed by atoms with Gasteiger partial charge in [-0.15, -0.1) is 0 Å². The molecule has 4 nitrogen and oxygen atoms in total. The Kier molecular flexibility index (Phi) is 7.16. The average molecular weight is 412 g/mol. The second-order valence-corrected chi connectivity index (χ2v) is 10.8. The van der Waals surface area contributed by atoms with Gasteiger partial charge in [0, 0.05) is 5.54 Å². The first-order chi connectivity index (χ1) is 13.7. The van der Waals surface area contributed by atoms with Crippen LogP contribution in [0, 0.1) is 5.41 Å². The molecule has 0 aliphatic heterocycles. The number of rotatable bonds is 5. The first-order valence-corrected chi connectivity index (χ1v) is 10.5. The molecule has 0 saturated carbocycles. The predicted octanol–water partition coefficient (Wildman–Crippen LogP) is 6.82. The molecule has 0 spiro atoms. The van der Waals surface area contributed by atoms with E-state index in [-0.39, 0.29) is 28.6 Å². The molecule has 0 saturated heterocycles. The van der Waals surface area contributed by atoms with Gasteiger partial charge in [-0.2, -0.15) is 5.06 Å². The maximum Gasteiger partial charge on any atom is 0.343 e. The van der Waals surface area contributed by atoms with E-state index in [2.05, 4.69) is 67.4 Å². The Morgan fingerprint density at radius 2 is 1.33 bits per heavy atom. The molecule has 0 aromatic heterocycles. The van der Waals surface area contributed by atoms with Gasteiger partial charge in [-0.1, -0.05) is 51.1 Å². The molecule has 0 aliphatic carbocycles. The smallest absolute Gasteiger partial charge is 0.343 e. The molecule has 0 radical (unpaired) electrons. The molecule has 0 fully saturated rings. The van der Waals surface area contributed by atoms with Gasteiger partial charge in [0.05, 0.1) is 17.2 Å². The fourth-order valence-electron chi connectivity index (χ4n) is 3.32. The van der Waals surface area contributed by atoms with E-state index >= 15 is 0 Å². The van der Waals surface area contributed by atoms with Crippen molar-refractivity contribution < 1.29 is 14.4 Å². The van der Waals surface area contributed by atoms with Crippen molar-refractivity contribution in [3.63, 3.8) is 0 Å². The van der Waals surface area contributed by atoms with Crippen molar-refractivity contribution in [1.82, 2.24) is 5.06 Å².